The topological polar surface area (TPSA) is 97.6 Å². The van der Waals surface area contributed by atoms with Crippen LogP contribution in [0, 0.1) is 11.3 Å². The first-order valence-electron chi connectivity index (χ1n) is 4.98. The van der Waals surface area contributed by atoms with Gasteiger partial charge in [0.1, 0.15) is 17.5 Å². The van der Waals surface area contributed by atoms with E-state index in [1.54, 1.807) is 12.1 Å². The highest BCUT2D eigenvalue weighted by Gasteiger charge is 2.09. The van der Waals surface area contributed by atoms with Gasteiger partial charge in [0.25, 0.3) is 5.56 Å². The Bertz CT molecular complexity index is 689. The van der Waals surface area contributed by atoms with Crippen LogP contribution >= 0.6 is 11.6 Å². The van der Waals surface area contributed by atoms with Crippen molar-refractivity contribution in [1.82, 2.24) is 14.5 Å². The molecule has 0 aliphatic carbocycles. The number of nitrogens with two attached hydrogens (primary N) is 1. The summed E-state index contributed by atoms with van der Waals surface area (Å²) in [5.74, 6) is 0. The summed E-state index contributed by atoms with van der Waals surface area (Å²) in [4.78, 5) is 19.5. The highest BCUT2D eigenvalue weighted by molar-refractivity contribution is 6.31. The van der Waals surface area contributed by atoms with Gasteiger partial charge in [-0.2, -0.15) is 5.26 Å². The maximum Gasteiger partial charge on any atom is 0.278 e. The summed E-state index contributed by atoms with van der Waals surface area (Å²) in [5, 5.41) is 8.88. The van der Waals surface area contributed by atoms with Gasteiger partial charge in [-0.3, -0.25) is 9.36 Å². The number of nitriles is 1. The zero-order valence-electron chi connectivity index (χ0n) is 9.17. The molecule has 0 aliphatic rings. The Hall–Kier alpha value is -2.39. The molecular formula is C11H8ClN5O. The molecule has 0 aromatic carbocycles. The molecule has 0 radical (unpaired) electrons. The van der Waals surface area contributed by atoms with Crippen molar-refractivity contribution in [2.75, 3.05) is 5.73 Å². The maximum absolute atomic E-state index is 11.8. The van der Waals surface area contributed by atoms with Crippen molar-refractivity contribution in [1.29, 1.82) is 5.26 Å². The number of nitrogen functional groups attached to an aromatic ring is 1. The maximum atomic E-state index is 11.8. The lowest BCUT2D eigenvalue weighted by Crippen LogP contribution is -2.24. The molecule has 0 saturated heterocycles. The van der Waals surface area contributed by atoms with E-state index in [4.69, 9.17) is 22.6 Å². The molecule has 0 saturated carbocycles. The molecule has 2 N–H and O–H groups in total. The van der Waals surface area contributed by atoms with Crippen LogP contribution in [-0.2, 0) is 6.54 Å². The third-order valence-corrected chi connectivity index (χ3v) is 2.66. The lowest BCUT2D eigenvalue weighted by Gasteiger charge is -2.07. The highest BCUT2D eigenvalue weighted by atomic mass is 35.5. The molecule has 0 spiro atoms. The number of pyridine rings is 1. The molecule has 90 valence electrons. The van der Waals surface area contributed by atoms with Gasteiger partial charge in [0.05, 0.1) is 12.9 Å². The van der Waals surface area contributed by atoms with Crippen LogP contribution < -0.4 is 11.3 Å². The van der Waals surface area contributed by atoms with Crippen molar-refractivity contribution in [3.63, 3.8) is 0 Å². The largest absolute Gasteiger partial charge is 0.392 e. The van der Waals surface area contributed by atoms with Crippen molar-refractivity contribution in [2.24, 2.45) is 0 Å². The van der Waals surface area contributed by atoms with Crippen LogP contribution in [0.15, 0.2) is 29.5 Å². The fraction of sp³-hybridized carbons (Fsp3) is 0.0909. The molecule has 0 atom stereocenters. The summed E-state index contributed by atoms with van der Waals surface area (Å²) >= 11 is 5.63. The molecule has 0 amide bonds. The molecule has 2 aromatic rings. The van der Waals surface area contributed by atoms with Crippen molar-refractivity contribution < 1.29 is 0 Å². The van der Waals surface area contributed by atoms with Gasteiger partial charge in [0.15, 0.2) is 5.15 Å². The zero-order chi connectivity index (χ0) is 13.1. The zero-order valence-corrected chi connectivity index (χ0v) is 9.92. The number of hydrogen-bond donors (Lipinski definition) is 1. The van der Waals surface area contributed by atoms with Crippen LogP contribution in [0.4, 0.5) is 5.69 Å². The molecule has 0 unspecified atom stereocenters. The predicted molar refractivity (Wildman–Crippen MR) is 66.0 cm³/mol. The number of nitrogens with zero attached hydrogens (tertiary/aromatic N) is 4. The Morgan fingerprint density at radius 1 is 1.50 bits per heavy atom. The van der Waals surface area contributed by atoms with E-state index in [1.807, 2.05) is 6.07 Å². The van der Waals surface area contributed by atoms with E-state index in [2.05, 4.69) is 9.97 Å². The first kappa shape index (κ1) is 12.1. The van der Waals surface area contributed by atoms with Gasteiger partial charge in [-0.05, 0) is 6.07 Å². The molecular weight excluding hydrogens is 254 g/mol. The summed E-state index contributed by atoms with van der Waals surface area (Å²) in [6, 6.07) is 5.36. The second kappa shape index (κ2) is 4.85. The Labute approximate surface area is 107 Å². The van der Waals surface area contributed by atoms with Gasteiger partial charge in [0, 0.05) is 11.8 Å². The first-order valence-corrected chi connectivity index (χ1v) is 5.35. The van der Waals surface area contributed by atoms with Crippen molar-refractivity contribution in [3.8, 4) is 6.07 Å². The molecule has 2 aromatic heterocycles. The van der Waals surface area contributed by atoms with Crippen LogP contribution in [0.25, 0.3) is 0 Å². The second-order valence-electron chi connectivity index (χ2n) is 3.51. The summed E-state index contributed by atoms with van der Waals surface area (Å²) in [7, 11) is 0. The Morgan fingerprint density at radius 2 is 2.28 bits per heavy atom. The predicted octanol–water partition coefficient (Wildman–Crippen LogP) is 0.794. The average Bonchev–Trinajstić information content (AvgIpc) is 2.40. The molecule has 0 fully saturated rings. The number of aromatic nitrogens is 3. The smallest absolute Gasteiger partial charge is 0.278 e. The van der Waals surface area contributed by atoms with Crippen LogP contribution in [0.2, 0.25) is 5.15 Å². The number of halogens is 1. The summed E-state index contributed by atoms with van der Waals surface area (Å²) < 4.78 is 1.28. The molecule has 7 heteroatoms. The third-order valence-electron chi connectivity index (χ3n) is 2.36. The van der Waals surface area contributed by atoms with E-state index in [1.165, 1.54) is 17.1 Å². The van der Waals surface area contributed by atoms with E-state index in [0.29, 0.717) is 5.56 Å². The quantitative estimate of drug-likeness (QED) is 0.806. The minimum atomic E-state index is -0.442. The van der Waals surface area contributed by atoms with Gasteiger partial charge in [0.2, 0.25) is 0 Å². The van der Waals surface area contributed by atoms with Crippen molar-refractivity contribution in [3.05, 3.63) is 51.4 Å². The number of anilines is 1. The van der Waals surface area contributed by atoms with Crippen LogP contribution in [0.3, 0.4) is 0 Å². The SMILES string of the molecule is N#Cc1ncccc1Cn1cnc(Cl)c(N)c1=O. The van der Waals surface area contributed by atoms with Gasteiger partial charge >= 0.3 is 0 Å². The van der Waals surface area contributed by atoms with E-state index in [0.717, 1.165) is 0 Å². The Kier molecular flexibility index (Phi) is 3.26. The van der Waals surface area contributed by atoms with Crippen LogP contribution in [0.1, 0.15) is 11.3 Å². The summed E-state index contributed by atoms with van der Waals surface area (Å²) in [6.45, 7) is 0.171. The minimum Gasteiger partial charge on any atom is -0.392 e. The molecule has 18 heavy (non-hydrogen) atoms. The van der Waals surface area contributed by atoms with Gasteiger partial charge < -0.3 is 5.73 Å². The van der Waals surface area contributed by atoms with E-state index >= 15 is 0 Å². The Balaban J connectivity index is 2.45. The first-order chi connectivity index (χ1) is 8.63. The average molecular weight is 262 g/mol. The molecule has 0 bridgehead atoms. The minimum absolute atomic E-state index is 0.0251. The van der Waals surface area contributed by atoms with E-state index in [9.17, 15) is 4.79 Å². The molecule has 2 heterocycles. The van der Waals surface area contributed by atoms with Gasteiger partial charge in [-0.25, -0.2) is 9.97 Å². The number of rotatable bonds is 2. The highest BCUT2D eigenvalue weighted by Crippen LogP contribution is 2.10. The normalized spacial score (nSPS) is 10.0. The van der Waals surface area contributed by atoms with Crippen LogP contribution in [0.5, 0.6) is 0 Å². The number of hydrogen-bond acceptors (Lipinski definition) is 5. The lowest BCUT2D eigenvalue weighted by atomic mass is 10.2. The Morgan fingerprint density at radius 3 is 3.00 bits per heavy atom. The lowest BCUT2D eigenvalue weighted by molar-refractivity contribution is 0.734. The summed E-state index contributed by atoms with van der Waals surface area (Å²) in [6.07, 6.45) is 2.80. The standard InChI is InChI=1S/C11H8ClN5O/c12-10-9(14)11(18)17(6-16-10)5-7-2-1-3-15-8(7)4-13/h1-3,6H,5,14H2. The van der Waals surface area contributed by atoms with Crippen molar-refractivity contribution >= 4 is 17.3 Å². The molecule has 2 rings (SSSR count). The van der Waals surface area contributed by atoms with Gasteiger partial charge in [-0.15, -0.1) is 0 Å². The molecule has 0 aliphatic heterocycles. The fourth-order valence-electron chi connectivity index (χ4n) is 1.45. The second-order valence-corrected chi connectivity index (χ2v) is 3.86. The van der Waals surface area contributed by atoms with Gasteiger partial charge in [-0.1, -0.05) is 17.7 Å². The van der Waals surface area contributed by atoms with E-state index in [-0.39, 0.29) is 23.1 Å². The monoisotopic (exact) mass is 261 g/mol. The van der Waals surface area contributed by atoms with Crippen molar-refractivity contribution in [2.45, 2.75) is 6.54 Å². The third kappa shape index (κ3) is 2.17. The summed E-state index contributed by atoms with van der Waals surface area (Å²) in [5.41, 5.74) is 5.83. The van der Waals surface area contributed by atoms with E-state index < -0.39 is 5.56 Å². The fourth-order valence-corrected chi connectivity index (χ4v) is 1.57. The molecule has 6 nitrogen and oxygen atoms in total. The van der Waals surface area contributed by atoms with Crippen LogP contribution in [-0.4, -0.2) is 14.5 Å².